The average Bonchev–Trinajstić information content (AvgIpc) is 2.54. The molecule has 128 valence electrons. The molecule has 0 radical (unpaired) electrons. The number of carbonyl (C=O) groups is 1. The van der Waals surface area contributed by atoms with E-state index in [1.807, 2.05) is 13.0 Å². The maximum Gasteiger partial charge on any atom is 0.337 e. The molecule has 0 unspecified atom stereocenters. The average molecular weight is 365 g/mol. The molecule has 0 aliphatic heterocycles. The van der Waals surface area contributed by atoms with E-state index >= 15 is 0 Å². The highest BCUT2D eigenvalue weighted by atomic mass is 32.2. The number of hydrogen-bond acceptors (Lipinski definition) is 5. The molecule has 0 saturated heterocycles. The van der Waals surface area contributed by atoms with E-state index in [1.165, 1.54) is 29.2 Å². The summed E-state index contributed by atoms with van der Waals surface area (Å²) in [7, 11) is -2.28. The molecule has 0 heterocycles. The summed E-state index contributed by atoms with van der Waals surface area (Å²) in [5, 5.41) is 0. The summed E-state index contributed by atoms with van der Waals surface area (Å²) in [6.45, 7) is 1.99. The van der Waals surface area contributed by atoms with Gasteiger partial charge in [-0.3, -0.25) is 0 Å². The van der Waals surface area contributed by atoms with Gasteiger partial charge in [0.2, 0.25) is 10.0 Å². The first-order valence-corrected chi connectivity index (χ1v) is 10.1. The van der Waals surface area contributed by atoms with E-state index in [0.29, 0.717) is 16.9 Å². The van der Waals surface area contributed by atoms with Gasteiger partial charge in [-0.2, -0.15) is 0 Å². The molecule has 0 fully saturated rings. The van der Waals surface area contributed by atoms with E-state index in [-0.39, 0.29) is 0 Å². The number of hydrogen-bond donors (Lipinski definition) is 0. The number of anilines is 2. The van der Waals surface area contributed by atoms with E-state index < -0.39 is 16.0 Å². The molecule has 0 N–H and O–H groups in total. The van der Waals surface area contributed by atoms with E-state index in [4.69, 9.17) is 4.74 Å². The van der Waals surface area contributed by atoms with Gasteiger partial charge < -0.3 is 4.74 Å². The number of ether oxygens (including phenoxy) is 1. The molecule has 24 heavy (non-hydrogen) atoms. The minimum Gasteiger partial charge on any atom is -0.465 e. The lowest BCUT2D eigenvalue weighted by Crippen LogP contribution is -2.25. The van der Waals surface area contributed by atoms with Gasteiger partial charge in [-0.1, -0.05) is 25.1 Å². The van der Waals surface area contributed by atoms with Gasteiger partial charge in [-0.05, 0) is 36.1 Å². The molecule has 2 aromatic rings. The predicted octanol–water partition coefficient (Wildman–Crippen LogP) is 3.68. The summed E-state index contributed by atoms with van der Waals surface area (Å²) >= 11 is 1.53. The maximum atomic E-state index is 12.4. The van der Waals surface area contributed by atoms with Crippen molar-refractivity contribution in [1.82, 2.24) is 0 Å². The topological polar surface area (TPSA) is 63.7 Å². The van der Waals surface area contributed by atoms with Gasteiger partial charge in [-0.15, -0.1) is 11.8 Å². The van der Waals surface area contributed by atoms with Crippen LogP contribution in [-0.2, 0) is 14.8 Å². The molecule has 2 rings (SSSR count). The van der Waals surface area contributed by atoms with Gasteiger partial charge in [-0.25, -0.2) is 17.5 Å². The highest BCUT2D eigenvalue weighted by molar-refractivity contribution is 7.99. The Kier molecular flexibility index (Phi) is 5.90. The van der Waals surface area contributed by atoms with Gasteiger partial charge in [0.25, 0.3) is 0 Å². The second-order valence-electron chi connectivity index (χ2n) is 5.00. The Balaban J connectivity index is 2.65. The van der Waals surface area contributed by atoms with Gasteiger partial charge in [0.1, 0.15) is 0 Å². The van der Waals surface area contributed by atoms with E-state index in [1.54, 1.807) is 36.4 Å². The summed E-state index contributed by atoms with van der Waals surface area (Å²) in [5.41, 5.74) is 1.23. The number of esters is 1. The zero-order chi connectivity index (χ0) is 17.7. The molecule has 5 nitrogen and oxygen atoms in total. The number of thioether (sulfide) groups is 1. The van der Waals surface area contributed by atoms with Crippen LogP contribution in [0.1, 0.15) is 17.3 Å². The van der Waals surface area contributed by atoms with Gasteiger partial charge >= 0.3 is 5.97 Å². The van der Waals surface area contributed by atoms with Gasteiger partial charge in [0.05, 0.1) is 30.3 Å². The van der Waals surface area contributed by atoms with Crippen LogP contribution in [0.2, 0.25) is 0 Å². The largest absolute Gasteiger partial charge is 0.465 e. The Labute approximate surface area is 146 Å². The number of benzene rings is 2. The number of sulfonamides is 1. The molecule has 0 bridgehead atoms. The summed E-state index contributed by atoms with van der Waals surface area (Å²) in [4.78, 5) is 12.7. The number of carbonyl (C=O) groups excluding carboxylic acids is 1. The van der Waals surface area contributed by atoms with Crippen molar-refractivity contribution < 1.29 is 17.9 Å². The lowest BCUT2D eigenvalue weighted by molar-refractivity contribution is 0.0600. The van der Waals surface area contributed by atoms with Crippen molar-refractivity contribution in [3.8, 4) is 0 Å². The fraction of sp³-hybridized carbons (Fsp3) is 0.235. The van der Waals surface area contributed by atoms with Gasteiger partial charge in [0.15, 0.2) is 0 Å². The third kappa shape index (κ3) is 4.30. The molecule has 0 saturated carbocycles. The highest BCUT2D eigenvalue weighted by Crippen LogP contribution is 2.33. The Morgan fingerprint density at radius 2 is 1.79 bits per heavy atom. The Morgan fingerprint density at radius 3 is 2.33 bits per heavy atom. The minimum absolute atomic E-state index is 0.315. The number of methoxy groups -OCH3 is 1. The molecular weight excluding hydrogens is 346 g/mol. The fourth-order valence-electron chi connectivity index (χ4n) is 2.28. The lowest BCUT2D eigenvalue weighted by Gasteiger charge is -2.23. The molecule has 0 atom stereocenters. The zero-order valence-electron chi connectivity index (χ0n) is 13.7. The first kappa shape index (κ1) is 18.4. The van der Waals surface area contributed by atoms with Crippen LogP contribution in [-0.4, -0.2) is 33.5 Å². The molecule has 2 aromatic carbocycles. The summed E-state index contributed by atoms with van der Waals surface area (Å²) in [6.07, 6.45) is 1.14. The molecule has 0 aromatic heterocycles. The van der Waals surface area contributed by atoms with Crippen molar-refractivity contribution in [2.75, 3.05) is 23.4 Å². The van der Waals surface area contributed by atoms with Crippen LogP contribution in [0.5, 0.6) is 0 Å². The first-order valence-electron chi connectivity index (χ1n) is 7.28. The van der Waals surface area contributed by atoms with Crippen LogP contribution in [0.25, 0.3) is 0 Å². The first-order chi connectivity index (χ1) is 11.4. The third-order valence-electron chi connectivity index (χ3n) is 3.18. The molecular formula is C17H19NO4S2. The van der Waals surface area contributed by atoms with Crippen molar-refractivity contribution in [2.24, 2.45) is 0 Å². The highest BCUT2D eigenvalue weighted by Gasteiger charge is 2.22. The number of para-hydroxylation sites is 1. The number of rotatable bonds is 6. The third-order valence-corrected chi connectivity index (χ3v) is 5.12. The molecule has 0 aliphatic rings. The van der Waals surface area contributed by atoms with Crippen molar-refractivity contribution >= 4 is 39.1 Å². The van der Waals surface area contributed by atoms with Crippen LogP contribution in [0.15, 0.2) is 53.4 Å². The molecule has 0 amide bonds. The minimum atomic E-state index is -3.58. The molecule has 0 aliphatic carbocycles. The standard InChI is InChI=1S/C17H19NO4S2/c1-4-23-16-11-13(17(19)22-2)10-15(12-16)18(24(3,20)21)14-8-6-5-7-9-14/h5-12H,4H2,1-3H3. The van der Waals surface area contributed by atoms with Crippen LogP contribution in [0, 0.1) is 0 Å². The predicted molar refractivity (Wildman–Crippen MR) is 97.6 cm³/mol. The SMILES string of the molecule is CCSc1cc(C(=O)OC)cc(N(c2ccccc2)S(C)(=O)=O)c1. The van der Waals surface area contributed by atoms with E-state index in [2.05, 4.69) is 0 Å². The Bertz CT molecular complexity index is 820. The van der Waals surface area contributed by atoms with E-state index in [9.17, 15) is 13.2 Å². The normalized spacial score (nSPS) is 11.1. The lowest BCUT2D eigenvalue weighted by atomic mass is 10.2. The number of nitrogens with zero attached hydrogens (tertiary/aromatic N) is 1. The van der Waals surface area contributed by atoms with Crippen LogP contribution in [0.4, 0.5) is 11.4 Å². The smallest absolute Gasteiger partial charge is 0.337 e. The summed E-state index contributed by atoms with van der Waals surface area (Å²) in [5.74, 6) is 0.296. The summed E-state index contributed by atoms with van der Waals surface area (Å²) in [6, 6.07) is 13.7. The van der Waals surface area contributed by atoms with Crippen LogP contribution >= 0.6 is 11.8 Å². The Morgan fingerprint density at radius 1 is 1.12 bits per heavy atom. The monoisotopic (exact) mass is 365 g/mol. The van der Waals surface area contributed by atoms with Crippen molar-refractivity contribution in [3.05, 3.63) is 54.1 Å². The van der Waals surface area contributed by atoms with Crippen LogP contribution < -0.4 is 4.31 Å². The van der Waals surface area contributed by atoms with E-state index in [0.717, 1.165) is 16.9 Å². The molecule has 0 spiro atoms. The summed E-state index contributed by atoms with van der Waals surface area (Å²) < 4.78 is 30.7. The second kappa shape index (κ2) is 7.72. The maximum absolute atomic E-state index is 12.4. The Hall–Kier alpha value is -1.99. The quantitative estimate of drug-likeness (QED) is 0.577. The zero-order valence-corrected chi connectivity index (χ0v) is 15.4. The van der Waals surface area contributed by atoms with Gasteiger partial charge in [0, 0.05) is 4.90 Å². The van der Waals surface area contributed by atoms with Crippen LogP contribution in [0.3, 0.4) is 0 Å². The van der Waals surface area contributed by atoms with Crippen molar-refractivity contribution in [3.63, 3.8) is 0 Å². The fourth-order valence-corrected chi connectivity index (χ4v) is 4.02. The van der Waals surface area contributed by atoms with Crippen molar-refractivity contribution in [2.45, 2.75) is 11.8 Å². The second-order valence-corrected chi connectivity index (χ2v) is 8.17. The molecule has 7 heteroatoms. The van der Waals surface area contributed by atoms with Crippen molar-refractivity contribution in [1.29, 1.82) is 0 Å².